The van der Waals surface area contributed by atoms with Crippen molar-refractivity contribution in [3.05, 3.63) is 52.4 Å². The van der Waals surface area contributed by atoms with E-state index < -0.39 is 52.1 Å². The van der Waals surface area contributed by atoms with Crippen LogP contribution in [0, 0.1) is 11.6 Å². The smallest absolute Gasteiger partial charge is 0.434 e. The molecule has 3 heterocycles. The molecule has 0 aliphatic heterocycles. The molecule has 7 nitrogen and oxygen atoms in total. The summed E-state index contributed by atoms with van der Waals surface area (Å²) in [5, 5.41) is 0.418. The quantitative estimate of drug-likeness (QED) is 0.339. The highest BCUT2D eigenvalue weighted by Crippen LogP contribution is 2.41. The summed E-state index contributed by atoms with van der Waals surface area (Å²) in [5.74, 6) is -4.71. The fraction of sp³-hybridized carbons (Fsp3) is 0.0556. The van der Waals surface area contributed by atoms with Gasteiger partial charge in [0.15, 0.2) is 23.1 Å². The predicted molar refractivity (Wildman–Crippen MR) is 105 cm³/mol. The second kappa shape index (κ2) is 7.34. The number of ether oxygens (including phenoxy) is 1. The zero-order chi connectivity index (χ0) is 22.5. The monoisotopic (exact) mass is 500 g/mol. The molecule has 0 atom stereocenters. The molecule has 4 rings (SSSR count). The molecule has 3 aromatic heterocycles. The summed E-state index contributed by atoms with van der Waals surface area (Å²) in [6, 6.07) is 2.66. The molecular weight excluding hydrogens is 491 g/mol. The standard InChI is InChI=1S/C18H10BrF5N6O/c19-7-5-28-16-12(7)10(1-2-27-16)31-13-8(20)3-6(4-9(13)21)11-14(18(22,23)24)29-17(26)30-15(11)25/h1-5H,(H,27,28)(H4,25,26,29,30). The lowest BCUT2D eigenvalue weighted by atomic mass is 10.0. The van der Waals surface area contributed by atoms with Crippen molar-refractivity contribution in [1.82, 2.24) is 19.9 Å². The number of nitrogens with one attached hydrogen (secondary N) is 1. The van der Waals surface area contributed by atoms with Crippen LogP contribution in [0.4, 0.5) is 33.7 Å². The lowest BCUT2D eigenvalue weighted by Crippen LogP contribution is -2.15. The zero-order valence-corrected chi connectivity index (χ0v) is 16.6. The minimum Gasteiger partial charge on any atom is -0.450 e. The highest BCUT2D eigenvalue weighted by Gasteiger charge is 2.38. The third kappa shape index (κ3) is 3.71. The van der Waals surface area contributed by atoms with E-state index in [4.69, 9.17) is 16.2 Å². The first-order valence-electron chi connectivity index (χ1n) is 8.35. The number of rotatable bonds is 3. The van der Waals surface area contributed by atoms with Crippen LogP contribution in [-0.2, 0) is 6.18 Å². The van der Waals surface area contributed by atoms with Gasteiger partial charge in [0.2, 0.25) is 5.95 Å². The van der Waals surface area contributed by atoms with Crippen molar-refractivity contribution in [2.75, 3.05) is 11.5 Å². The Morgan fingerprint density at radius 2 is 1.74 bits per heavy atom. The number of fused-ring (bicyclic) bond motifs is 1. The molecule has 0 spiro atoms. The number of nitrogen functional groups attached to an aromatic ring is 2. The molecule has 160 valence electrons. The Labute approximate surface area is 178 Å². The maximum Gasteiger partial charge on any atom is 0.434 e. The fourth-order valence-corrected chi connectivity index (χ4v) is 3.47. The van der Waals surface area contributed by atoms with E-state index in [0.29, 0.717) is 27.6 Å². The van der Waals surface area contributed by atoms with Gasteiger partial charge in [-0.25, -0.2) is 18.7 Å². The van der Waals surface area contributed by atoms with Gasteiger partial charge < -0.3 is 21.2 Å². The normalized spacial score (nSPS) is 11.8. The molecule has 4 aromatic rings. The molecule has 0 saturated heterocycles. The Balaban J connectivity index is 1.83. The van der Waals surface area contributed by atoms with Crippen LogP contribution in [0.3, 0.4) is 0 Å². The summed E-state index contributed by atoms with van der Waals surface area (Å²) in [7, 11) is 0. The molecule has 31 heavy (non-hydrogen) atoms. The van der Waals surface area contributed by atoms with Crippen molar-refractivity contribution in [3.63, 3.8) is 0 Å². The number of pyridine rings is 1. The van der Waals surface area contributed by atoms with Gasteiger partial charge in [-0.1, -0.05) is 0 Å². The summed E-state index contributed by atoms with van der Waals surface area (Å²) in [4.78, 5) is 13.5. The molecule has 0 saturated carbocycles. The lowest BCUT2D eigenvalue weighted by molar-refractivity contribution is -0.140. The second-order valence-corrected chi connectivity index (χ2v) is 7.08. The summed E-state index contributed by atoms with van der Waals surface area (Å²) in [6.07, 6.45) is -2.08. The Hall–Kier alpha value is -3.48. The van der Waals surface area contributed by atoms with Crippen molar-refractivity contribution >= 4 is 38.7 Å². The Kier molecular flexibility index (Phi) is 4.92. The molecule has 0 unspecified atom stereocenters. The number of nitrogens with zero attached hydrogens (tertiary/aromatic N) is 3. The van der Waals surface area contributed by atoms with Crippen LogP contribution in [0.2, 0.25) is 0 Å². The number of anilines is 2. The highest BCUT2D eigenvalue weighted by atomic mass is 79.9. The summed E-state index contributed by atoms with van der Waals surface area (Å²) in [5.41, 5.74) is 8.34. The third-order valence-electron chi connectivity index (χ3n) is 4.21. The van der Waals surface area contributed by atoms with Crippen molar-refractivity contribution in [3.8, 4) is 22.6 Å². The van der Waals surface area contributed by atoms with Crippen molar-refractivity contribution in [2.24, 2.45) is 0 Å². The fourth-order valence-electron chi connectivity index (χ4n) is 2.97. The minimum atomic E-state index is -4.99. The van der Waals surface area contributed by atoms with Gasteiger partial charge in [-0.15, -0.1) is 0 Å². The summed E-state index contributed by atoms with van der Waals surface area (Å²) >= 11 is 3.27. The number of H-pyrrole nitrogens is 1. The molecule has 0 aliphatic rings. The minimum absolute atomic E-state index is 0.0648. The van der Waals surface area contributed by atoms with E-state index in [0.717, 1.165) is 0 Å². The summed E-state index contributed by atoms with van der Waals surface area (Å²) < 4.78 is 75.6. The number of nitrogens with two attached hydrogens (primary N) is 2. The first-order chi connectivity index (χ1) is 14.6. The van der Waals surface area contributed by atoms with Gasteiger partial charge in [0.05, 0.1) is 10.9 Å². The SMILES string of the molecule is Nc1nc(N)c(-c2cc(F)c(Oc3ccnc4[nH]cc(Br)c34)c(F)c2)c(C(F)(F)F)n1. The molecule has 0 radical (unpaired) electrons. The lowest BCUT2D eigenvalue weighted by Gasteiger charge is -2.16. The highest BCUT2D eigenvalue weighted by molar-refractivity contribution is 9.10. The Morgan fingerprint density at radius 1 is 1.06 bits per heavy atom. The van der Waals surface area contributed by atoms with E-state index in [1.807, 2.05) is 0 Å². The van der Waals surface area contributed by atoms with Gasteiger partial charge in [0.1, 0.15) is 17.2 Å². The maximum atomic E-state index is 14.8. The number of alkyl halides is 3. The summed E-state index contributed by atoms with van der Waals surface area (Å²) in [6.45, 7) is 0. The largest absolute Gasteiger partial charge is 0.450 e. The number of hydrogen-bond acceptors (Lipinski definition) is 6. The van der Waals surface area contributed by atoms with Gasteiger partial charge in [-0.3, -0.25) is 0 Å². The first-order valence-corrected chi connectivity index (χ1v) is 9.14. The van der Waals surface area contributed by atoms with Crippen molar-refractivity contribution in [2.45, 2.75) is 6.18 Å². The van der Waals surface area contributed by atoms with E-state index in [-0.39, 0.29) is 5.75 Å². The van der Waals surface area contributed by atoms with Crippen molar-refractivity contribution in [1.29, 1.82) is 0 Å². The van der Waals surface area contributed by atoms with E-state index >= 15 is 0 Å². The van der Waals surface area contributed by atoms with Crippen LogP contribution in [0.5, 0.6) is 11.5 Å². The average Bonchev–Trinajstić information content (AvgIpc) is 3.05. The van der Waals surface area contributed by atoms with Crippen LogP contribution < -0.4 is 16.2 Å². The number of aromatic nitrogens is 4. The zero-order valence-electron chi connectivity index (χ0n) is 15.1. The van der Waals surface area contributed by atoms with Gasteiger partial charge in [0.25, 0.3) is 0 Å². The van der Waals surface area contributed by atoms with E-state index in [1.54, 1.807) is 6.20 Å². The predicted octanol–water partition coefficient (Wildman–Crippen LogP) is 5.04. The molecule has 0 fully saturated rings. The van der Waals surface area contributed by atoms with Crippen LogP contribution in [0.1, 0.15) is 5.69 Å². The topological polar surface area (TPSA) is 116 Å². The molecular formula is C18H10BrF5N6O. The number of aromatic amines is 1. The Bertz CT molecular complexity index is 1300. The van der Waals surface area contributed by atoms with Crippen LogP contribution >= 0.6 is 15.9 Å². The number of hydrogen-bond donors (Lipinski definition) is 3. The molecule has 1 aromatic carbocycles. The molecule has 0 amide bonds. The second-order valence-electron chi connectivity index (χ2n) is 6.23. The van der Waals surface area contributed by atoms with Gasteiger partial charge in [-0.2, -0.15) is 18.2 Å². The van der Waals surface area contributed by atoms with E-state index in [2.05, 4.69) is 35.9 Å². The van der Waals surface area contributed by atoms with Gasteiger partial charge in [0, 0.05) is 16.9 Å². The number of halogens is 6. The maximum absolute atomic E-state index is 14.8. The van der Waals surface area contributed by atoms with E-state index in [1.165, 1.54) is 12.3 Å². The molecule has 0 aliphatic carbocycles. The molecule has 13 heteroatoms. The van der Waals surface area contributed by atoms with E-state index in [9.17, 15) is 22.0 Å². The van der Waals surface area contributed by atoms with Crippen LogP contribution in [-0.4, -0.2) is 19.9 Å². The van der Waals surface area contributed by atoms with Gasteiger partial charge in [-0.05, 0) is 39.7 Å². The van der Waals surface area contributed by atoms with Crippen LogP contribution in [0.25, 0.3) is 22.2 Å². The van der Waals surface area contributed by atoms with Crippen molar-refractivity contribution < 1.29 is 26.7 Å². The molecule has 0 bridgehead atoms. The first kappa shape index (κ1) is 20.8. The number of benzene rings is 1. The molecule has 5 N–H and O–H groups in total. The average molecular weight is 501 g/mol. The Morgan fingerprint density at radius 3 is 2.39 bits per heavy atom. The third-order valence-corrected chi connectivity index (χ3v) is 4.83. The van der Waals surface area contributed by atoms with Crippen LogP contribution in [0.15, 0.2) is 35.1 Å². The van der Waals surface area contributed by atoms with Gasteiger partial charge >= 0.3 is 6.18 Å².